The normalized spacial score (nSPS) is 10.8. The SMILES string of the molecule is Cc1cc(Br)ccc1NC(=O)CN(C)C(=O)CCc1nc2ccccc2s1. The maximum atomic E-state index is 12.3. The average molecular weight is 446 g/mol. The number of hydrogen-bond donors (Lipinski definition) is 1. The predicted molar refractivity (Wildman–Crippen MR) is 113 cm³/mol. The molecule has 0 saturated carbocycles. The number of amides is 2. The Morgan fingerprint density at radius 2 is 2.00 bits per heavy atom. The first-order chi connectivity index (χ1) is 12.9. The number of nitrogens with one attached hydrogen (secondary N) is 1. The van der Waals surface area contributed by atoms with Crippen molar-refractivity contribution in [2.24, 2.45) is 0 Å². The summed E-state index contributed by atoms with van der Waals surface area (Å²) in [6, 6.07) is 13.6. The van der Waals surface area contributed by atoms with Gasteiger partial charge in [0.05, 0.1) is 21.8 Å². The van der Waals surface area contributed by atoms with E-state index in [1.165, 1.54) is 4.90 Å². The smallest absolute Gasteiger partial charge is 0.243 e. The number of likely N-dealkylation sites (N-methyl/N-ethyl adjacent to an activating group) is 1. The first-order valence-corrected chi connectivity index (χ1v) is 10.2. The van der Waals surface area contributed by atoms with Gasteiger partial charge in [0.25, 0.3) is 0 Å². The van der Waals surface area contributed by atoms with Gasteiger partial charge in [-0.25, -0.2) is 4.98 Å². The third-order valence-corrected chi connectivity index (χ3v) is 5.75. The maximum absolute atomic E-state index is 12.3. The van der Waals surface area contributed by atoms with Crippen molar-refractivity contribution < 1.29 is 9.59 Å². The second kappa shape index (κ2) is 8.63. The van der Waals surface area contributed by atoms with Gasteiger partial charge in [0.2, 0.25) is 11.8 Å². The topological polar surface area (TPSA) is 62.3 Å². The van der Waals surface area contributed by atoms with E-state index in [4.69, 9.17) is 0 Å². The summed E-state index contributed by atoms with van der Waals surface area (Å²) in [4.78, 5) is 30.6. The number of aryl methyl sites for hydroxylation is 2. The Morgan fingerprint density at radius 1 is 1.22 bits per heavy atom. The molecule has 2 aromatic carbocycles. The van der Waals surface area contributed by atoms with Crippen molar-refractivity contribution in [1.29, 1.82) is 0 Å². The molecule has 0 bridgehead atoms. The lowest BCUT2D eigenvalue weighted by atomic mass is 10.2. The van der Waals surface area contributed by atoms with Crippen molar-refractivity contribution in [3.05, 3.63) is 57.5 Å². The molecule has 140 valence electrons. The highest BCUT2D eigenvalue weighted by atomic mass is 79.9. The zero-order valence-electron chi connectivity index (χ0n) is 15.2. The molecule has 0 aliphatic heterocycles. The first kappa shape index (κ1) is 19.5. The molecule has 5 nitrogen and oxygen atoms in total. The fraction of sp³-hybridized carbons (Fsp3) is 0.250. The van der Waals surface area contributed by atoms with Crippen LogP contribution in [0.15, 0.2) is 46.9 Å². The summed E-state index contributed by atoms with van der Waals surface area (Å²) >= 11 is 5.00. The highest BCUT2D eigenvalue weighted by molar-refractivity contribution is 9.10. The second-order valence-electron chi connectivity index (χ2n) is 6.33. The maximum Gasteiger partial charge on any atom is 0.243 e. The van der Waals surface area contributed by atoms with E-state index in [2.05, 4.69) is 26.2 Å². The Labute approximate surface area is 170 Å². The second-order valence-corrected chi connectivity index (χ2v) is 8.36. The molecule has 2 amide bonds. The van der Waals surface area contributed by atoms with Crippen LogP contribution in [0.1, 0.15) is 17.0 Å². The van der Waals surface area contributed by atoms with Crippen molar-refractivity contribution in [1.82, 2.24) is 9.88 Å². The summed E-state index contributed by atoms with van der Waals surface area (Å²) < 4.78 is 2.08. The van der Waals surface area contributed by atoms with Gasteiger partial charge in [0.15, 0.2) is 0 Å². The van der Waals surface area contributed by atoms with Crippen molar-refractivity contribution in [3.63, 3.8) is 0 Å². The monoisotopic (exact) mass is 445 g/mol. The number of aromatic nitrogens is 1. The summed E-state index contributed by atoms with van der Waals surface area (Å²) in [7, 11) is 1.65. The highest BCUT2D eigenvalue weighted by Gasteiger charge is 2.15. The van der Waals surface area contributed by atoms with E-state index in [-0.39, 0.29) is 18.4 Å². The number of carbonyl (C=O) groups excluding carboxylic acids is 2. The van der Waals surface area contributed by atoms with Gasteiger partial charge in [-0.2, -0.15) is 0 Å². The largest absolute Gasteiger partial charge is 0.336 e. The number of anilines is 1. The quantitative estimate of drug-likeness (QED) is 0.611. The lowest BCUT2D eigenvalue weighted by Gasteiger charge is -2.17. The third-order valence-electron chi connectivity index (χ3n) is 4.16. The molecule has 0 unspecified atom stereocenters. The number of fused-ring (bicyclic) bond motifs is 1. The van der Waals surface area contributed by atoms with E-state index in [0.717, 1.165) is 30.9 Å². The Morgan fingerprint density at radius 3 is 2.74 bits per heavy atom. The standard InChI is InChI=1S/C20H20BrN3O2S/c1-13-11-14(21)7-8-15(13)22-18(25)12-24(2)20(26)10-9-19-23-16-5-3-4-6-17(16)27-19/h3-8,11H,9-10,12H2,1-2H3,(H,22,25). The van der Waals surface area contributed by atoms with Crippen LogP contribution < -0.4 is 5.32 Å². The molecule has 0 aliphatic carbocycles. The number of carbonyl (C=O) groups is 2. The van der Waals surface area contributed by atoms with Gasteiger partial charge >= 0.3 is 0 Å². The minimum absolute atomic E-state index is 0.0220. The van der Waals surface area contributed by atoms with E-state index in [9.17, 15) is 9.59 Å². The van der Waals surface area contributed by atoms with Crippen LogP contribution in [0.25, 0.3) is 10.2 Å². The van der Waals surface area contributed by atoms with Crippen molar-refractivity contribution in [2.45, 2.75) is 19.8 Å². The molecule has 3 aromatic rings. The Bertz CT molecular complexity index is 953. The Kier molecular flexibility index (Phi) is 6.23. The fourth-order valence-corrected chi connectivity index (χ4v) is 4.13. The molecule has 0 radical (unpaired) electrons. The predicted octanol–water partition coefficient (Wildman–Crippen LogP) is 4.40. The van der Waals surface area contributed by atoms with Crippen LogP contribution >= 0.6 is 27.3 Å². The number of thiazole rings is 1. The molecule has 1 heterocycles. The first-order valence-electron chi connectivity index (χ1n) is 8.57. The molecule has 3 rings (SSSR count). The highest BCUT2D eigenvalue weighted by Crippen LogP contribution is 2.23. The molecular formula is C20H20BrN3O2S. The van der Waals surface area contributed by atoms with Crippen LogP contribution in [0.3, 0.4) is 0 Å². The Hall–Kier alpha value is -2.25. The molecule has 27 heavy (non-hydrogen) atoms. The van der Waals surface area contributed by atoms with Gasteiger partial charge in [-0.05, 0) is 42.8 Å². The van der Waals surface area contributed by atoms with Crippen molar-refractivity contribution >= 4 is 55.0 Å². The molecule has 0 atom stereocenters. The number of rotatable bonds is 6. The summed E-state index contributed by atoms with van der Waals surface area (Å²) in [6.45, 7) is 1.95. The van der Waals surface area contributed by atoms with E-state index >= 15 is 0 Å². The van der Waals surface area contributed by atoms with Crippen LogP contribution in [0.5, 0.6) is 0 Å². The van der Waals surface area contributed by atoms with Crippen LogP contribution in [0.4, 0.5) is 5.69 Å². The van der Waals surface area contributed by atoms with Crippen LogP contribution in [-0.2, 0) is 16.0 Å². The van der Waals surface area contributed by atoms with Gasteiger partial charge in [-0.1, -0.05) is 28.1 Å². The summed E-state index contributed by atoms with van der Waals surface area (Å²) in [6.07, 6.45) is 0.914. The van der Waals surface area contributed by atoms with Crippen LogP contribution in [0.2, 0.25) is 0 Å². The van der Waals surface area contributed by atoms with Gasteiger partial charge in [-0.3, -0.25) is 9.59 Å². The zero-order chi connectivity index (χ0) is 19.4. The molecular weight excluding hydrogens is 426 g/mol. The van der Waals surface area contributed by atoms with Gasteiger partial charge in [0, 0.05) is 30.0 Å². The van der Waals surface area contributed by atoms with Crippen molar-refractivity contribution in [2.75, 3.05) is 18.9 Å². The van der Waals surface area contributed by atoms with Gasteiger partial charge in [-0.15, -0.1) is 11.3 Å². The number of benzene rings is 2. The van der Waals surface area contributed by atoms with E-state index in [1.54, 1.807) is 18.4 Å². The molecule has 7 heteroatoms. The zero-order valence-corrected chi connectivity index (χ0v) is 17.6. The summed E-state index contributed by atoms with van der Waals surface area (Å²) in [5, 5.41) is 3.79. The lowest BCUT2D eigenvalue weighted by Crippen LogP contribution is -2.35. The lowest BCUT2D eigenvalue weighted by molar-refractivity contribution is -0.133. The third kappa shape index (κ3) is 5.14. The number of para-hydroxylation sites is 1. The molecule has 1 aromatic heterocycles. The van der Waals surface area contributed by atoms with Gasteiger partial charge in [0.1, 0.15) is 0 Å². The molecule has 0 spiro atoms. The summed E-state index contributed by atoms with van der Waals surface area (Å²) in [5.74, 6) is -0.284. The van der Waals surface area contributed by atoms with E-state index < -0.39 is 0 Å². The molecule has 0 fully saturated rings. The Balaban J connectivity index is 1.51. The number of hydrogen-bond acceptors (Lipinski definition) is 4. The molecule has 0 saturated heterocycles. The van der Waals surface area contributed by atoms with Gasteiger partial charge < -0.3 is 10.2 Å². The fourth-order valence-electron chi connectivity index (χ4n) is 2.69. The van der Waals surface area contributed by atoms with E-state index in [1.807, 2.05) is 49.4 Å². The van der Waals surface area contributed by atoms with Crippen LogP contribution in [-0.4, -0.2) is 35.3 Å². The van der Waals surface area contributed by atoms with Crippen LogP contribution in [0, 0.1) is 6.92 Å². The minimum Gasteiger partial charge on any atom is -0.336 e. The molecule has 0 aliphatic rings. The number of halogens is 1. The molecule has 1 N–H and O–H groups in total. The average Bonchev–Trinajstić information content (AvgIpc) is 3.05. The number of nitrogens with zero attached hydrogens (tertiary/aromatic N) is 2. The minimum atomic E-state index is -0.212. The van der Waals surface area contributed by atoms with Crippen molar-refractivity contribution in [3.8, 4) is 0 Å². The van der Waals surface area contributed by atoms with E-state index in [0.29, 0.717) is 12.8 Å². The summed E-state index contributed by atoms with van der Waals surface area (Å²) in [5.41, 5.74) is 2.67.